The molecule has 6 nitrogen and oxygen atoms in total. The Balaban J connectivity index is 2.21. The maximum Gasteiger partial charge on any atom is 0.260 e. The van der Waals surface area contributed by atoms with Crippen LogP contribution in [-0.2, 0) is 10.0 Å². The third-order valence-corrected chi connectivity index (χ3v) is 5.53. The Morgan fingerprint density at radius 3 is 2.58 bits per heavy atom. The fourth-order valence-corrected chi connectivity index (χ4v) is 4.10. The molecule has 7 heteroatoms. The largest absolute Gasteiger partial charge is 0.330 e. The highest BCUT2D eigenvalue weighted by atomic mass is 32.2. The van der Waals surface area contributed by atoms with E-state index in [1.54, 1.807) is 21.3 Å². The maximum atomic E-state index is 12.6. The molecule has 1 aliphatic heterocycles. The average molecular weight is 286 g/mol. The van der Waals surface area contributed by atoms with Crippen LogP contribution < -0.4 is 5.73 Å². The molecule has 1 fully saturated rings. The molecule has 0 atom stereocenters. The molecule has 1 saturated heterocycles. The van der Waals surface area contributed by atoms with Crippen LogP contribution in [0.5, 0.6) is 0 Å². The Kier molecular flexibility index (Phi) is 4.27. The Morgan fingerprint density at radius 2 is 2.05 bits per heavy atom. The smallest absolute Gasteiger partial charge is 0.260 e. The van der Waals surface area contributed by atoms with Crippen molar-refractivity contribution in [2.75, 3.05) is 19.6 Å². The first-order valence-corrected chi connectivity index (χ1v) is 8.14. The monoisotopic (exact) mass is 286 g/mol. The van der Waals surface area contributed by atoms with Crippen molar-refractivity contribution in [3.63, 3.8) is 0 Å². The number of sulfonamides is 1. The van der Waals surface area contributed by atoms with Crippen molar-refractivity contribution in [1.82, 2.24) is 14.1 Å². The second-order valence-corrected chi connectivity index (χ2v) is 7.18. The molecule has 1 aromatic rings. The lowest BCUT2D eigenvalue weighted by Crippen LogP contribution is -2.40. The summed E-state index contributed by atoms with van der Waals surface area (Å²) in [5, 5.41) is 4.38. The summed E-state index contributed by atoms with van der Waals surface area (Å²) in [5.41, 5.74) is 5.63. The van der Waals surface area contributed by atoms with Crippen LogP contribution in [0.15, 0.2) is 17.3 Å². The van der Waals surface area contributed by atoms with Gasteiger partial charge in [-0.15, -0.1) is 0 Å². The molecule has 0 aliphatic carbocycles. The third-order valence-electron chi connectivity index (χ3n) is 3.63. The molecule has 0 saturated carbocycles. The lowest BCUT2D eigenvalue weighted by atomic mass is 9.99. The van der Waals surface area contributed by atoms with Crippen LogP contribution in [-0.4, -0.2) is 42.1 Å². The van der Waals surface area contributed by atoms with E-state index in [2.05, 4.69) is 5.10 Å². The zero-order valence-electron chi connectivity index (χ0n) is 11.5. The van der Waals surface area contributed by atoms with Crippen molar-refractivity contribution in [1.29, 1.82) is 0 Å². The summed E-state index contributed by atoms with van der Waals surface area (Å²) in [6.07, 6.45) is 3.22. The van der Waals surface area contributed by atoms with E-state index in [-0.39, 0.29) is 11.1 Å². The van der Waals surface area contributed by atoms with Crippen LogP contribution in [0.4, 0.5) is 0 Å². The second-order valence-electron chi connectivity index (χ2n) is 5.29. The predicted molar refractivity (Wildman–Crippen MR) is 73.1 cm³/mol. The average Bonchev–Trinajstić information content (AvgIpc) is 2.89. The van der Waals surface area contributed by atoms with Gasteiger partial charge in [0, 0.05) is 19.1 Å². The van der Waals surface area contributed by atoms with E-state index in [1.165, 1.54) is 0 Å². The van der Waals surface area contributed by atoms with E-state index in [0.717, 1.165) is 12.8 Å². The molecular formula is C12H22N4O2S. The van der Waals surface area contributed by atoms with Gasteiger partial charge in [0.1, 0.15) is 0 Å². The summed E-state index contributed by atoms with van der Waals surface area (Å²) in [7, 11) is -3.43. The van der Waals surface area contributed by atoms with Crippen LogP contribution in [0.25, 0.3) is 0 Å². The van der Waals surface area contributed by atoms with E-state index in [9.17, 15) is 8.42 Å². The number of rotatable bonds is 4. The summed E-state index contributed by atoms with van der Waals surface area (Å²) < 4.78 is 28.3. The minimum absolute atomic E-state index is 0.0290. The zero-order valence-corrected chi connectivity index (χ0v) is 12.3. The molecule has 19 heavy (non-hydrogen) atoms. The van der Waals surface area contributed by atoms with Gasteiger partial charge < -0.3 is 5.73 Å². The van der Waals surface area contributed by atoms with Crippen LogP contribution in [0.3, 0.4) is 0 Å². The molecule has 0 unspecified atom stereocenters. The van der Waals surface area contributed by atoms with Gasteiger partial charge in [0.2, 0.25) is 0 Å². The summed E-state index contributed by atoms with van der Waals surface area (Å²) in [6, 6.07) is 1.60. The van der Waals surface area contributed by atoms with Crippen molar-refractivity contribution < 1.29 is 8.42 Å². The highest BCUT2D eigenvalue weighted by Crippen LogP contribution is 2.24. The number of aromatic nitrogens is 2. The number of hydrogen-bond acceptors (Lipinski definition) is 4. The summed E-state index contributed by atoms with van der Waals surface area (Å²) >= 11 is 0. The first-order valence-electron chi connectivity index (χ1n) is 6.70. The minimum atomic E-state index is -3.43. The van der Waals surface area contributed by atoms with Gasteiger partial charge in [0.15, 0.2) is 5.03 Å². The van der Waals surface area contributed by atoms with Crippen LogP contribution in [0.2, 0.25) is 0 Å². The van der Waals surface area contributed by atoms with Gasteiger partial charge in [0.05, 0.1) is 6.20 Å². The Bertz CT molecular complexity index is 516. The molecule has 0 spiro atoms. The number of nitrogens with two attached hydrogens (primary N) is 1. The number of hydrogen-bond donors (Lipinski definition) is 1. The van der Waals surface area contributed by atoms with E-state index in [0.29, 0.717) is 25.6 Å². The van der Waals surface area contributed by atoms with Gasteiger partial charge in [-0.25, -0.2) is 8.42 Å². The van der Waals surface area contributed by atoms with Gasteiger partial charge in [-0.3, -0.25) is 4.68 Å². The lowest BCUT2D eigenvalue weighted by molar-refractivity contribution is 0.276. The van der Waals surface area contributed by atoms with Crippen LogP contribution >= 0.6 is 0 Å². The van der Waals surface area contributed by atoms with Crippen molar-refractivity contribution in [2.24, 2.45) is 11.7 Å². The first-order chi connectivity index (χ1) is 8.96. The predicted octanol–water partition coefficient (Wildman–Crippen LogP) is 0.823. The van der Waals surface area contributed by atoms with Gasteiger partial charge in [-0.2, -0.15) is 9.40 Å². The molecule has 2 heterocycles. The second kappa shape index (κ2) is 5.60. The molecule has 1 aromatic heterocycles. The molecule has 0 aromatic carbocycles. The Labute approximate surface area is 114 Å². The molecule has 0 amide bonds. The van der Waals surface area contributed by atoms with E-state index < -0.39 is 10.0 Å². The van der Waals surface area contributed by atoms with Gasteiger partial charge in [-0.1, -0.05) is 0 Å². The number of piperidine rings is 1. The zero-order chi connectivity index (χ0) is 14.0. The normalized spacial score (nSPS) is 19.2. The number of nitrogens with zero attached hydrogens (tertiary/aromatic N) is 3. The van der Waals surface area contributed by atoms with E-state index in [1.807, 2.05) is 13.8 Å². The quantitative estimate of drug-likeness (QED) is 0.888. The fourth-order valence-electron chi connectivity index (χ4n) is 2.41. The molecular weight excluding hydrogens is 264 g/mol. The van der Waals surface area contributed by atoms with Crippen molar-refractivity contribution in [2.45, 2.75) is 37.8 Å². The Hall–Kier alpha value is -0.920. The molecule has 2 rings (SSSR count). The van der Waals surface area contributed by atoms with Gasteiger partial charge in [-0.05, 0) is 45.2 Å². The summed E-state index contributed by atoms with van der Waals surface area (Å²) in [6.45, 7) is 5.58. The fraction of sp³-hybridized carbons (Fsp3) is 0.750. The van der Waals surface area contributed by atoms with Crippen molar-refractivity contribution in [3.05, 3.63) is 12.3 Å². The van der Waals surface area contributed by atoms with E-state index in [4.69, 9.17) is 5.73 Å². The molecule has 2 N–H and O–H groups in total. The first kappa shape index (κ1) is 14.5. The molecule has 108 valence electrons. The van der Waals surface area contributed by atoms with Gasteiger partial charge in [0.25, 0.3) is 10.0 Å². The maximum absolute atomic E-state index is 12.6. The standard InChI is InChI=1S/C12H22N4O2S/c1-10(2)16-12(3-6-14-16)19(17,18)15-7-4-11(9-13)5-8-15/h3,6,10-11H,4-5,7-9,13H2,1-2H3. The van der Waals surface area contributed by atoms with Crippen LogP contribution in [0.1, 0.15) is 32.7 Å². The van der Waals surface area contributed by atoms with E-state index >= 15 is 0 Å². The van der Waals surface area contributed by atoms with Gasteiger partial charge >= 0.3 is 0 Å². The third kappa shape index (κ3) is 2.82. The summed E-state index contributed by atoms with van der Waals surface area (Å²) in [4.78, 5) is 0. The molecule has 0 radical (unpaired) electrons. The van der Waals surface area contributed by atoms with Crippen LogP contribution in [0, 0.1) is 5.92 Å². The van der Waals surface area contributed by atoms with Crippen molar-refractivity contribution >= 4 is 10.0 Å². The Morgan fingerprint density at radius 1 is 1.42 bits per heavy atom. The molecule has 1 aliphatic rings. The topological polar surface area (TPSA) is 81.2 Å². The SMILES string of the molecule is CC(C)n1nccc1S(=O)(=O)N1CCC(CN)CC1. The van der Waals surface area contributed by atoms with Crippen molar-refractivity contribution in [3.8, 4) is 0 Å². The summed E-state index contributed by atoms with van der Waals surface area (Å²) in [5.74, 6) is 0.446. The minimum Gasteiger partial charge on any atom is -0.330 e. The highest BCUT2D eigenvalue weighted by molar-refractivity contribution is 7.89. The molecule has 0 bridgehead atoms. The highest BCUT2D eigenvalue weighted by Gasteiger charge is 2.31. The lowest BCUT2D eigenvalue weighted by Gasteiger charge is -2.30.